The Morgan fingerprint density at radius 2 is 1.95 bits per heavy atom. The number of pyridine rings is 3. The highest BCUT2D eigenvalue weighted by atomic mass is 16.7. The molecule has 0 radical (unpaired) electrons. The summed E-state index contributed by atoms with van der Waals surface area (Å²) in [6, 6.07) is 11.7. The molecule has 0 amide bonds. The molecule has 9 rings (SSSR count). The number of fused-ring (bicyclic) bond motifs is 4. The summed E-state index contributed by atoms with van der Waals surface area (Å²) in [7, 11) is 0. The number of nitrogens with zero attached hydrogens (tertiary/aromatic N) is 7. The summed E-state index contributed by atoms with van der Waals surface area (Å²) in [5, 5.41) is 14.2. The Morgan fingerprint density at radius 1 is 1.02 bits per heavy atom. The number of aromatic nitrogens is 4. The normalized spacial score (nSPS) is 21.7. The van der Waals surface area contributed by atoms with E-state index >= 15 is 0 Å². The number of hydrogen-bond donors (Lipinski definition) is 0. The molecule has 2 atom stereocenters. The van der Waals surface area contributed by atoms with Crippen LogP contribution in [0, 0.1) is 11.3 Å². The van der Waals surface area contributed by atoms with E-state index < -0.39 is 0 Å². The van der Waals surface area contributed by atoms with E-state index in [-0.39, 0.29) is 6.79 Å². The summed E-state index contributed by atoms with van der Waals surface area (Å²) in [6.45, 7) is 4.31. The zero-order valence-corrected chi connectivity index (χ0v) is 21.9. The van der Waals surface area contributed by atoms with Crippen LogP contribution < -0.4 is 14.4 Å². The molecule has 10 heteroatoms. The summed E-state index contributed by atoms with van der Waals surface area (Å²) in [5.74, 6) is 2.30. The molecule has 0 N–H and O–H groups in total. The van der Waals surface area contributed by atoms with Gasteiger partial charge in [-0.05, 0) is 53.8 Å². The van der Waals surface area contributed by atoms with E-state index in [1.807, 2.05) is 29.2 Å². The number of ether oxygens (including phenoxy) is 3. The maximum atomic E-state index is 9.74. The Hall–Kier alpha value is -4.46. The number of rotatable bonds is 5. The molecule has 40 heavy (non-hydrogen) atoms. The molecule has 4 aromatic heterocycles. The van der Waals surface area contributed by atoms with E-state index in [1.54, 1.807) is 6.20 Å². The quantitative estimate of drug-likeness (QED) is 0.380. The van der Waals surface area contributed by atoms with Crippen LogP contribution in [0.25, 0.3) is 22.2 Å². The molecule has 0 aliphatic carbocycles. The number of piperidine rings is 1. The van der Waals surface area contributed by atoms with Gasteiger partial charge in [0, 0.05) is 61.4 Å². The van der Waals surface area contributed by atoms with E-state index in [9.17, 15) is 5.26 Å². The highest BCUT2D eigenvalue weighted by Crippen LogP contribution is 2.38. The van der Waals surface area contributed by atoms with Crippen molar-refractivity contribution in [3.63, 3.8) is 0 Å². The Morgan fingerprint density at radius 3 is 2.75 bits per heavy atom. The summed E-state index contributed by atoms with van der Waals surface area (Å²) in [6.07, 6.45) is 11.6. The predicted molar refractivity (Wildman–Crippen MR) is 147 cm³/mol. The minimum atomic E-state index is 0.243. The van der Waals surface area contributed by atoms with Crippen LogP contribution in [0.15, 0.2) is 55.1 Å². The van der Waals surface area contributed by atoms with Gasteiger partial charge in [-0.2, -0.15) is 10.4 Å². The number of hydrogen-bond acceptors (Lipinski definition) is 9. The highest BCUT2D eigenvalue weighted by molar-refractivity contribution is 5.87. The molecule has 10 nitrogen and oxygen atoms in total. The Balaban J connectivity index is 1.03. The Labute approximate surface area is 231 Å². The van der Waals surface area contributed by atoms with Crippen LogP contribution in [0.2, 0.25) is 0 Å². The van der Waals surface area contributed by atoms with E-state index in [0.717, 1.165) is 65.4 Å². The third-order valence-electron chi connectivity index (χ3n) is 8.44. The van der Waals surface area contributed by atoms with Crippen LogP contribution in [0.5, 0.6) is 11.6 Å². The molecule has 0 aromatic carbocycles. The van der Waals surface area contributed by atoms with E-state index in [2.05, 4.69) is 50.2 Å². The van der Waals surface area contributed by atoms with E-state index in [0.29, 0.717) is 36.7 Å². The molecule has 3 saturated heterocycles. The van der Waals surface area contributed by atoms with Crippen molar-refractivity contribution < 1.29 is 14.2 Å². The highest BCUT2D eigenvalue weighted by Gasteiger charge is 2.44. The van der Waals surface area contributed by atoms with Gasteiger partial charge < -0.3 is 19.1 Å². The first-order valence-corrected chi connectivity index (χ1v) is 13.6. The van der Waals surface area contributed by atoms with Crippen molar-refractivity contribution >= 4 is 16.9 Å². The van der Waals surface area contributed by atoms with Crippen molar-refractivity contribution in [1.82, 2.24) is 24.5 Å². The zero-order valence-electron chi connectivity index (χ0n) is 21.9. The first kappa shape index (κ1) is 23.4. The molecule has 0 saturated carbocycles. The average Bonchev–Trinajstić information content (AvgIpc) is 3.66. The summed E-state index contributed by atoms with van der Waals surface area (Å²) < 4.78 is 18.2. The van der Waals surface area contributed by atoms with Crippen LogP contribution in [0.1, 0.15) is 29.5 Å². The van der Waals surface area contributed by atoms with Crippen LogP contribution >= 0.6 is 0 Å². The van der Waals surface area contributed by atoms with Gasteiger partial charge in [0.15, 0.2) is 5.75 Å². The van der Waals surface area contributed by atoms with Gasteiger partial charge in [0.1, 0.15) is 11.9 Å². The molecule has 2 bridgehead atoms. The van der Waals surface area contributed by atoms with Gasteiger partial charge in [0.25, 0.3) is 5.88 Å². The van der Waals surface area contributed by atoms with Crippen LogP contribution in [0.4, 0.5) is 5.82 Å². The minimum Gasteiger partial charge on any atom is -0.452 e. The standard InChI is InChI=1S/C30H27N7O3/c31-10-23-13-34-37-15-22(20-3-5-38-6-4-20)8-26(29(23)37)21-1-2-28(32-12-21)35-16-24-9-25(17-35)36(24)14-19-7-27-30(33-11-19)40-18-39-27/h1-3,7-8,11-13,15,24-25H,4-6,9,14,16-18H2. The fourth-order valence-electron chi connectivity index (χ4n) is 6.38. The predicted octanol–water partition coefficient (Wildman–Crippen LogP) is 3.66. The van der Waals surface area contributed by atoms with Crippen molar-refractivity contribution in [2.24, 2.45) is 0 Å². The first-order chi connectivity index (χ1) is 19.7. The molecule has 0 spiro atoms. The largest absolute Gasteiger partial charge is 0.452 e. The lowest BCUT2D eigenvalue weighted by molar-refractivity contribution is -0.00878. The molecule has 2 unspecified atom stereocenters. The van der Waals surface area contributed by atoms with Crippen LogP contribution in [-0.4, -0.2) is 69.7 Å². The van der Waals surface area contributed by atoms with Gasteiger partial charge in [-0.3, -0.25) is 4.90 Å². The summed E-state index contributed by atoms with van der Waals surface area (Å²) in [5.41, 5.74) is 6.78. The number of piperazine rings is 1. The topological polar surface area (TPSA) is 101 Å². The maximum absolute atomic E-state index is 9.74. The monoisotopic (exact) mass is 533 g/mol. The smallest absolute Gasteiger partial charge is 0.260 e. The van der Waals surface area contributed by atoms with Gasteiger partial charge in [0.2, 0.25) is 6.79 Å². The van der Waals surface area contributed by atoms with Gasteiger partial charge in [-0.1, -0.05) is 6.08 Å². The number of nitriles is 1. The Kier molecular flexibility index (Phi) is 5.46. The molecular formula is C30H27N7O3. The molecule has 5 aliphatic heterocycles. The van der Waals surface area contributed by atoms with Crippen molar-refractivity contribution in [2.75, 3.05) is 38.0 Å². The molecular weight excluding hydrogens is 506 g/mol. The molecule has 9 heterocycles. The van der Waals surface area contributed by atoms with E-state index in [1.165, 1.54) is 12.0 Å². The van der Waals surface area contributed by atoms with Crippen LogP contribution in [0.3, 0.4) is 0 Å². The van der Waals surface area contributed by atoms with Crippen LogP contribution in [-0.2, 0) is 11.3 Å². The minimum absolute atomic E-state index is 0.243. The second-order valence-corrected chi connectivity index (χ2v) is 10.7. The van der Waals surface area contributed by atoms with E-state index in [4.69, 9.17) is 19.2 Å². The van der Waals surface area contributed by atoms with Gasteiger partial charge in [0.05, 0.1) is 30.5 Å². The van der Waals surface area contributed by atoms with Crippen molar-refractivity contribution in [3.8, 4) is 28.8 Å². The second-order valence-electron chi connectivity index (χ2n) is 10.7. The van der Waals surface area contributed by atoms with Crippen molar-refractivity contribution in [1.29, 1.82) is 5.26 Å². The fraction of sp³-hybridized carbons (Fsp3) is 0.333. The lowest BCUT2D eigenvalue weighted by Crippen LogP contribution is -2.68. The van der Waals surface area contributed by atoms with Gasteiger partial charge in [-0.15, -0.1) is 0 Å². The SMILES string of the molecule is N#Cc1cnn2cc(C3=CCOCC3)cc(-c3ccc(N4CC5CC(C4)N5Cc4cnc5c(c4)OCO5)nc3)c12. The van der Waals surface area contributed by atoms with Crippen molar-refractivity contribution in [3.05, 3.63) is 71.8 Å². The molecule has 5 aliphatic rings. The third kappa shape index (κ3) is 3.89. The molecule has 3 fully saturated rings. The zero-order chi connectivity index (χ0) is 26.6. The first-order valence-electron chi connectivity index (χ1n) is 13.6. The summed E-state index contributed by atoms with van der Waals surface area (Å²) >= 11 is 0. The fourth-order valence-corrected chi connectivity index (χ4v) is 6.38. The molecule has 4 aromatic rings. The third-order valence-corrected chi connectivity index (χ3v) is 8.44. The van der Waals surface area contributed by atoms with Gasteiger partial charge >= 0.3 is 0 Å². The number of anilines is 1. The lowest BCUT2D eigenvalue weighted by Gasteiger charge is -2.56. The summed E-state index contributed by atoms with van der Waals surface area (Å²) in [4.78, 5) is 14.2. The van der Waals surface area contributed by atoms with Gasteiger partial charge in [-0.25, -0.2) is 14.5 Å². The Bertz CT molecular complexity index is 1680. The average molecular weight is 534 g/mol. The maximum Gasteiger partial charge on any atom is 0.260 e. The lowest BCUT2D eigenvalue weighted by atomic mass is 9.87. The second kappa shape index (κ2) is 9.33. The van der Waals surface area contributed by atoms with Crippen molar-refractivity contribution in [2.45, 2.75) is 31.5 Å². The molecule has 200 valence electrons.